The number of hydrogen-bond donors (Lipinski definition) is 3. The summed E-state index contributed by atoms with van der Waals surface area (Å²) in [5.41, 5.74) is 0.171. The van der Waals surface area contributed by atoms with Crippen molar-refractivity contribution in [1.82, 2.24) is 15.6 Å². The molecule has 6 nitrogen and oxygen atoms in total. The molecule has 0 aliphatic carbocycles. The SMILES string of the molecule is CN=C(NCCCCNc1ccccn1)NCC1CCCOC1C(C)(C)C. The molecule has 1 aromatic rings. The van der Waals surface area contributed by atoms with Crippen LogP contribution in [-0.2, 0) is 4.74 Å². The highest BCUT2D eigenvalue weighted by atomic mass is 16.5. The molecular formula is C21H37N5O. The standard InChI is InChI=1S/C21H37N5O/c1-21(2,3)19-17(10-9-15-27-19)16-26-20(22-4)25-14-8-7-13-24-18-11-5-6-12-23-18/h5-6,11-12,17,19H,7-10,13-16H2,1-4H3,(H,23,24)(H2,22,25,26). The Hall–Kier alpha value is -1.82. The number of unbranched alkanes of at least 4 members (excludes halogenated alkanes) is 1. The maximum atomic E-state index is 6.07. The van der Waals surface area contributed by atoms with E-state index in [9.17, 15) is 0 Å². The molecule has 152 valence electrons. The van der Waals surface area contributed by atoms with Crippen molar-refractivity contribution in [2.24, 2.45) is 16.3 Å². The first kappa shape index (κ1) is 21.5. The maximum absolute atomic E-state index is 6.07. The topological polar surface area (TPSA) is 70.6 Å². The Bertz CT molecular complexity index is 555. The van der Waals surface area contributed by atoms with Crippen molar-refractivity contribution in [3.8, 4) is 0 Å². The summed E-state index contributed by atoms with van der Waals surface area (Å²) in [4.78, 5) is 8.62. The van der Waals surface area contributed by atoms with E-state index >= 15 is 0 Å². The smallest absolute Gasteiger partial charge is 0.190 e. The van der Waals surface area contributed by atoms with Gasteiger partial charge in [-0.3, -0.25) is 4.99 Å². The van der Waals surface area contributed by atoms with Crippen molar-refractivity contribution >= 4 is 11.8 Å². The van der Waals surface area contributed by atoms with Crippen LogP contribution in [0.25, 0.3) is 0 Å². The third-order valence-corrected chi connectivity index (χ3v) is 4.92. The van der Waals surface area contributed by atoms with Crippen LogP contribution < -0.4 is 16.0 Å². The van der Waals surface area contributed by atoms with E-state index in [1.165, 1.54) is 6.42 Å². The number of anilines is 1. The lowest BCUT2D eigenvalue weighted by Crippen LogP contribution is -2.47. The van der Waals surface area contributed by atoms with E-state index in [0.29, 0.717) is 12.0 Å². The number of nitrogens with one attached hydrogen (secondary N) is 3. The lowest BCUT2D eigenvalue weighted by molar-refractivity contribution is -0.0835. The van der Waals surface area contributed by atoms with E-state index < -0.39 is 0 Å². The Morgan fingerprint density at radius 1 is 1.22 bits per heavy atom. The van der Waals surface area contributed by atoms with E-state index in [-0.39, 0.29) is 5.41 Å². The number of ether oxygens (including phenoxy) is 1. The molecule has 1 aliphatic heterocycles. The van der Waals surface area contributed by atoms with Crippen molar-refractivity contribution in [2.45, 2.75) is 52.6 Å². The second-order valence-electron chi connectivity index (χ2n) is 8.29. The van der Waals surface area contributed by atoms with E-state index in [4.69, 9.17) is 4.74 Å². The summed E-state index contributed by atoms with van der Waals surface area (Å²) >= 11 is 0. The minimum atomic E-state index is 0.171. The van der Waals surface area contributed by atoms with Gasteiger partial charge in [0.25, 0.3) is 0 Å². The van der Waals surface area contributed by atoms with Gasteiger partial charge < -0.3 is 20.7 Å². The summed E-state index contributed by atoms with van der Waals surface area (Å²) in [6.07, 6.45) is 6.64. The highest BCUT2D eigenvalue weighted by Crippen LogP contribution is 2.33. The van der Waals surface area contributed by atoms with Crippen LogP contribution in [0.2, 0.25) is 0 Å². The maximum Gasteiger partial charge on any atom is 0.190 e. The zero-order chi connectivity index (χ0) is 19.5. The predicted molar refractivity (Wildman–Crippen MR) is 113 cm³/mol. The summed E-state index contributed by atoms with van der Waals surface area (Å²) in [5, 5.41) is 10.2. The average molecular weight is 376 g/mol. The Labute approximate surface area is 164 Å². The molecule has 0 saturated carbocycles. The van der Waals surface area contributed by atoms with Gasteiger partial charge in [0.2, 0.25) is 0 Å². The van der Waals surface area contributed by atoms with Crippen LogP contribution in [0.15, 0.2) is 29.4 Å². The number of aliphatic imine (C=N–C) groups is 1. The number of hydrogen-bond acceptors (Lipinski definition) is 4. The third kappa shape index (κ3) is 7.75. The Kier molecular flexibility index (Phi) is 8.85. The van der Waals surface area contributed by atoms with Crippen molar-refractivity contribution in [3.63, 3.8) is 0 Å². The summed E-state index contributed by atoms with van der Waals surface area (Å²) < 4.78 is 6.07. The van der Waals surface area contributed by atoms with Gasteiger partial charge >= 0.3 is 0 Å². The molecule has 0 radical (unpaired) electrons. The molecule has 1 aromatic heterocycles. The third-order valence-electron chi connectivity index (χ3n) is 4.92. The van der Waals surface area contributed by atoms with E-state index in [0.717, 1.165) is 57.3 Å². The van der Waals surface area contributed by atoms with Gasteiger partial charge in [-0.2, -0.15) is 0 Å². The van der Waals surface area contributed by atoms with Gasteiger partial charge in [0.15, 0.2) is 5.96 Å². The first-order chi connectivity index (χ1) is 13.0. The zero-order valence-electron chi connectivity index (χ0n) is 17.4. The van der Waals surface area contributed by atoms with Crippen LogP contribution in [0.3, 0.4) is 0 Å². The van der Waals surface area contributed by atoms with Gasteiger partial charge in [-0.15, -0.1) is 0 Å². The zero-order valence-corrected chi connectivity index (χ0v) is 17.4. The van der Waals surface area contributed by atoms with Gasteiger partial charge in [-0.25, -0.2) is 4.98 Å². The molecule has 6 heteroatoms. The molecule has 1 saturated heterocycles. The van der Waals surface area contributed by atoms with E-state index in [1.807, 2.05) is 25.2 Å². The lowest BCUT2D eigenvalue weighted by Gasteiger charge is -2.40. The summed E-state index contributed by atoms with van der Waals surface area (Å²) in [6.45, 7) is 10.4. The molecule has 0 bridgehead atoms. The number of guanidine groups is 1. The number of aromatic nitrogens is 1. The number of nitrogens with zero attached hydrogens (tertiary/aromatic N) is 2. The molecule has 0 aromatic carbocycles. The molecule has 27 heavy (non-hydrogen) atoms. The Morgan fingerprint density at radius 3 is 2.74 bits per heavy atom. The van der Waals surface area contributed by atoms with Gasteiger partial charge in [0.05, 0.1) is 6.10 Å². The summed E-state index contributed by atoms with van der Waals surface area (Å²) in [6, 6.07) is 5.91. The molecule has 2 unspecified atom stereocenters. The van der Waals surface area contributed by atoms with E-state index in [2.05, 4.69) is 46.7 Å². The molecule has 0 spiro atoms. The quantitative estimate of drug-likeness (QED) is 0.369. The van der Waals surface area contributed by atoms with Gasteiger partial charge in [0.1, 0.15) is 5.82 Å². The number of pyridine rings is 1. The van der Waals surface area contributed by atoms with Gasteiger partial charge in [-0.1, -0.05) is 26.8 Å². The van der Waals surface area contributed by atoms with Crippen molar-refractivity contribution < 1.29 is 4.74 Å². The number of rotatable bonds is 8. The fourth-order valence-corrected chi connectivity index (χ4v) is 3.60. The fraction of sp³-hybridized carbons (Fsp3) is 0.714. The van der Waals surface area contributed by atoms with E-state index in [1.54, 1.807) is 6.20 Å². The molecule has 0 amide bonds. The van der Waals surface area contributed by atoms with Gasteiger partial charge in [-0.05, 0) is 43.2 Å². The molecule has 1 fully saturated rings. The normalized spacial score (nSPS) is 21.0. The summed E-state index contributed by atoms with van der Waals surface area (Å²) in [5.74, 6) is 2.34. The second kappa shape index (κ2) is 11.1. The fourth-order valence-electron chi connectivity index (χ4n) is 3.60. The highest BCUT2D eigenvalue weighted by molar-refractivity contribution is 5.79. The van der Waals surface area contributed by atoms with Crippen LogP contribution in [0, 0.1) is 11.3 Å². The van der Waals surface area contributed by atoms with Crippen LogP contribution in [0.4, 0.5) is 5.82 Å². The first-order valence-corrected chi connectivity index (χ1v) is 10.2. The second-order valence-corrected chi connectivity index (χ2v) is 8.29. The van der Waals surface area contributed by atoms with Crippen LogP contribution in [0.5, 0.6) is 0 Å². The average Bonchev–Trinajstić information content (AvgIpc) is 2.67. The lowest BCUT2D eigenvalue weighted by atomic mass is 9.78. The monoisotopic (exact) mass is 375 g/mol. The molecular weight excluding hydrogens is 338 g/mol. The van der Waals surface area contributed by atoms with Crippen molar-refractivity contribution in [1.29, 1.82) is 0 Å². The molecule has 3 N–H and O–H groups in total. The van der Waals surface area contributed by atoms with Crippen LogP contribution in [-0.4, -0.2) is 50.3 Å². The minimum absolute atomic E-state index is 0.171. The molecule has 2 heterocycles. The minimum Gasteiger partial charge on any atom is -0.377 e. The summed E-state index contributed by atoms with van der Waals surface area (Å²) in [7, 11) is 1.83. The largest absolute Gasteiger partial charge is 0.377 e. The molecule has 1 aliphatic rings. The Balaban J connectivity index is 1.62. The van der Waals surface area contributed by atoms with Gasteiger partial charge in [0, 0.05) is 45.4 Å². The van der Waals surface area contributed by atoms with Crippen LogP contribution >= 0.6 is 0 Å². The molecule has 2 rings (SSSR count). The molecule has 2 atom stereocenters. The first-order valence-electron chi connectivity index (χ1n) is 10.2. The van der Waals surface area contributed by atoms with Crippen LogP contribution in [0.1, 0.15) is 46.5 Å². The van der Waals surface area contributed by atoms with Crippen molar-refractivity contribution in [3.05, 3.63) is 24.4 Å². The van der Waals surface area contributed by atoms with Crippen molar-refractivity contribution in [2.75, 3.05) is 38.6 Å². The predicted octanol–water partition coefficient (Wildman–Crippen LogP) is 3.28. The Morgan fingerprint density at radius 2 is 2.04 bits per heavy atom. The highest BCUT2D eigenvalue weighted by Gasteiger charge is 2.35.